The zero-order chi connectivity index (χ0) is 27.0. The van der Waals surface area contributed by atoms with Crippen LogP contribution >= 0.6 is 50.6 Å². The Labute approximate surface area is 240 Å². The lowest BCUT2D eigenvalue weighted by Gasteiger charge is -2.25. The second-order valence-corrected chi connectivity index (χ2v) is 12.1. The minimum atomic E-state index is -0.704. The number of rotatable bonds is 6. The smallest absolute Gasteiger partial charge is 0.338 e. The van der Waals surface area contributed by atoms with Crippen LogP contribution in [0.15, 0.2) is 101 Å². The molecule has 6 nitrogen and oxygen atoms in total. The number of carbonyl (C=O) groups excluding carboxylic acids is 1. The van der Waals surface area contributed by atoms with Gasteiger partial charge in [-0.15, -0.1) is 0 Å². The van der Waals surface area contributed by atoms with Crippen molar-refractivity contribution in [2.45, 2.75) is 42.9 Å². The molecule has 5 rings (SSSR count). The minimum absolute atomic E-state index is 0.277. The summed E-state index contributed by atoms with van der Waals surface area (Å²) in [5.41, 5.74) is 1.28. The molecule has 0 saturated carbocycles. The molecule has 0 N–H and O–H groups in total. The first kappa shape index (κ1) is 26.7. The van der Waals surface area contributed by atoms with Crippen molar-refractivity contribution in [2.24, 2.45) is 4.99 Å². The Morgan fingerprint density at radius 3 is 2.61 bits per heavy atom. The van der Waals surface area contributed by atoms with Gasteiger partial charge in [-0.2, -0.15) is 0 Å². The lowest BCUT2D eigenvalue weighted by Crippen LogP contribution is -2.40. The van der Waals surface area contributed by atoms with Crippen molar-refractivity contribution in [3.63, 3.8) is 0 Å². The van der Waals surface area contributed by atoms with E-state index in [1.54, 1.807) is 43.5 Å². The average molecular weight is 630 g/mol. The number of hydrogen-bond acceptors (Lipinski definition) is 7. The van der Waals surface area contributed by atoms with E-state index in [2.05, 4.69) is 20.9 Å². The number of thiazole rings is 1. The van der Waals surface area contributed by atoms with E-state index in [0.29, 0.717) is 36.5 Å². The number of furan rings is 1. The SMILES string of the molecule is CC1=C(C(=O)OC(C)C)[C@H](c2ccc(Cl)cc2)n2c(s/c(=C/c3cc(Br)c(Sc4ccccc4)o3)c2=O)=N1. The Bertz CT molecular complexity index is 1720. The average Bonchev–Trinajstić information content (AvgIpc) is 3.37. The van der Waals surface area contributed by atoms with E-state index in [9.17, 15) is 9.59 Å². The molecule has 3 heterocycles. The van der Waals surface area contributed by atoms with E-state index < -0.39 is 12.0 Å². The van der Waals surface area contributed by atoms with Crippen molar-refractivity contribution in [3.05, 3.63) is 112 Å². The van der Waals surface area contributed by atoms with Gasteiger partial charge in [-0.25, -0.2) is 9.79 Å². The zero-order valence-electron chi connectivity index (χ0n) is 20.6. The van der Waals surface area contributed by atoms with Crippen molar-refractivity contribution in [3.8, 4) is 0 Å². The van der Waals surface area contributed by atoms with Gasteiger partial charge in [0.05, 0.1) is 32.4 Å². The molecule has 0 aliphatic carbocycles. The third kappa shape index (κ3) is 5.47. The summed E-state index contributed by atoms with van der Waals surface area (Å²) in [6.45, 7) is 5.33. The van der Waals surface area contributed by atoms with Gasteiger partial charge in [0.15, 0.2) is 9.89 Å². The van der Waals surface area contributed by atoms with Gasteiger partial charge in [-0.05, 0) is 72.6 Å². The molecule has 0 saturated heterocycles. The van der Waals surface area contributed by atoms with Crippen LogP contribution in [-0.4, -0.2) is 16.6 Å². The van der Waals surface area contributed by atoms with Gasteiger partial charge in [0.25, 0.3) is 5.56 Å². The third-order valence-corrected chi connectivity index (χ3v) is 8.75. The Kier molecular flexibility index (Phi) is 7.81. The van der Waals surface area contributed by atoms with Gasteiger partial charge in [0.1, 0.15) is 5.76 Å². The van der Waals surface area contributed by atoms with Gasteiger partial charge in [-0.3, -0.25) is 9.36 Å². The maximum absolute atomic E-state index is 13.8. The summed E-state index contributed by atoms with van der Waals surface area (Å²) in [5.74, 6) is 0.0202. The van der Waals surface area contributed by atoms with Crippen molar-refractivity contribution < 1.29 is 13.9 Å². The van der Waals surface area contributed by atoms with E-state index >= 15 is 0 Å². The van der Waals surface area contributed by atoms with Crippen LogP contribution in [0.2, 0.25) is 5.02 Å². The number of halogens is 2. The first-order chi connectivity index (χ1) is 18.2. The monoisotopic (exact) mass is 628 g/mol. The van der Waals surface area contributed by atoms with Gasteiger partial charge in [-0.1, -0.05) is 65.0 Å². The summed E-state index contributed by atoms with van der Waals surface area (Å²) in [6, 6.07) is 18.1. The zero-order valence-corrected chi connectivity index (χ0v) is 24.6. The molecule has 0 amide bonds. The number of benzene rings is 2. The molecule has 10 heteroatoms. The number of allylic oxidation sites excluding steroid dienone is 1. The topological polar surface area (TPSA) is 73.8 Å². The second kappa shape index (κ2) is 11.1. The van der Waals surface area contributed by atoms with Crippen LogP contribution in [0.1, 0.15) is 38.1 Å². The van der Waals surface area contributed by atoms with Gasteiger partial charge in [0.2, 0.25) is 0 Å². The number of aromatic nitrogens is 1. The van der Waals surface area contributed by atoms with Crippen LogP contribution in [0.3, 0.4) is 0 Å². The molecule has 4 aromatic rings. The molecule has 0 spiro atoms. The highest BCUT2D eigenvalue weighted by Crippen LogP contribution is 2.36. The van der Waals surface area contributed by atoms with Crippen LogP contribution < -0.4 is 14.9 Å². The summed E-state index contributed by atoms with van der Waals surface area (Å²) in [6.07, 6.45) is 1.38. The fraction of sp³-hybridized carbons (Fsp3) is 0.179. The Balaban J connectivity index is 1.61. The predicted molar refractivity (Wildman–Crippen MR) is 153 cm³/mol. The van der Waals surface area contributed by atoms with Crippen molar-refractivity contribution >= 4 is 62.7 Å². The molecule has 1 aliphatic heterocycles. The lowest BCUT2D eigenvalue weighted by atomic mass is 9.96. The molecule has 2 aromatic carbocycles. The normalized spacial score (nSPS) is 15.5. The fourth-order valence-corrected chi connectivity index (χ4v) is 6.56. The number of nitrogens with zero attached hydrogens (tertiary/aromatic N) is 2. The van der Waals surface area contributed by atoms with Crippen LogP contribution in [0.25, 0.3) is 6.08 Å². The molecule has 2 aromatic heterocycles. The highest BCUT2D eigenvalue weighted by atomic mass is 79.9. The van der Waals surface area contributed by atoms with Gasteiger partial charge in [0, 0.05) is 16.0 Å². The van der Waals surface area contributed by atoms with E-state index in [1.807, 2.05) is 48.5 Å². The van der Waals surface area contributed by atoms with Gasteiger partial charge >= 0.3 is 5.97 Å². The minimum Gasteiger partial charge on any atom is -0.459 e. The molecule has 1 atom stereocenters. The first-order valence-corrected chi connectivity index (χ1v) is 14.5. The van der Waals surface area contributed by atoms with E-state index in [1.165, 1.54) is 23.1 Å². The lowest BCUT2D eigenvalue weighted by molar-refractivity contribution is -0.143. The third-order valence-electron chi connectivity index (χ3n) is 5.67. The predicted octanol–water partition coefficient (Wildman–Crippen LogP) is 6.35. The van der Waals surface area contributed by atoms with E-state index in [0.717, 1.165) is 14.9 Å². The highest BCUT2D eigenvalue weighted by molar-refractivity contribution is 9.10. The molecule has 0 unspecified atom stereocenters. The Morgan fingerprint density at radius 1 is 1.21 bits per heavy atom. The van der Waals surface area contributed by atoms with Gasteiger partial charge < -0.3 is 9.15 Å². The summed E-state index contributed by atoms with van der Waals surface area (Å²) >= 11 is 12.4. The van der Waals surface area contributed by atoms with Crippen LogP contribution in [0.5, 0.6) is 0 Å². The molecular formula is C28H22BrClN2O4S2. The standard InChI is InChI=1S/C28H22BrClN2O4S2/c1-15(2)35-26(34)23-16(3)31-28-32(24(23)17-9-11-18(30)12-10-17)25(33)22(38-28)14-19-13-21(29)27(36-19)37-20-7-5-4-6-8-20/h4-15,24H,1-3H3/b22-14+/t24-/m0/s1. The van der Waals surface area contributed by atoms with Crippen LogP contribution in [-0.2, 0) is 9.53 Å². The second-order valence-electron chi connectivity index (χ2n) is 8.79. The number of esters is 1. The number of fused-ring (bicyclic) bond motifs is 1. The van der Waals surface area contributed by atoms with Crippen molar-refractivity contribution in [2.75, 3.05) is 0 Å². The molecule has 0 fully saturated rings. The summed E-state index contributed by atoms with van der Waals surface area (Å²) in [5, 5.41) is 1.24. The maximum Gasteiger partial charge on any atom is 0.338 e. The molecule has 1 aliphatic rings. The summed E-state index contributed by atoms with van der Waals surface area (Å²) < 4.78 is 14.4. The van der Waals surface area contributed by atoms with Crippen LogP contribution in [0.4, 0.5) is 0 Å². The number of ether oxygens (including phenoxy) is 1. The first-order valence-electron chi connectivity index (χ1n) is 11.7. The fourth-order valence-electron chi connectivity index (χ4n) is 4.06. The summed E-state index contributed by atoms with van der Waals surface area (Å²) in [7, 11) is 0. The Hall–Kier alpha value is -2.85. The van der Waals surface area contributed by atoms with Crippen molar-refractivity contribution in [1.82, 2.24) is 4.57 Å². The largest absolute Gasteiger partial charge is 0.459 e. The quantitative estimate of drug-likeness (QED) is 0.233. The van der Waals surface area contributed by atoms with E-state index in [4.69, 9.17) is 20.8 Å². The molecule has 38 heavy (non-hydrogen) atoms. The number of hydrogen-bond donors (Lipinski definition) is 0. The molecule has 194 valence electrons. The molecule has 0 bridgehead atoms. The maximum atomic E-state index is 13.8. The molecular weight excluding hydrogens is 608 g/mol. The van der Waals surface area contributed by atoms with Crippen molar-refractivity contribution in [1.29, 1.82) is 0 Å². The number of carbonyl (C=O) groups is 1. The molecule has 0 radical (unpaired) electrons. The Morgan fingerprint density at radius 2 is 1.92 bits per heavy atom. The van der Waals surface area contributed by atoms with Crippen LogP contribution in [0, 0.1) is 0 Å². The summed E-state index contributed by atoms with van der Waals surface area (Å²) in [4.78, 5) is 33.1. The van der Waals surface area contributed by atoms with E-state index in [-0.39, 0.29) is 11.7 Å². The highest BCUT2D eigenvalue weighted by Gasteiger charge is 2.33.